The normalized spacial score (nSPS) is 36.8. The predicted molar refractivity (Wildman–Crippen MR) is 82.7 cm³/mol. The minimum absolute atomic E-state index is 0.295. The molecule has 2 fully saturated rings. The molecule has 20 heavy (non-hydrogen) atoms. The van der Waals surface area contributed by atoms with Crippen molar-refractivity contribution in [1.82, 2.24) is 5.32 Å². The van der Waals surface area contributed by atoms with Crippen LogP contribution in [-0.4, -0.2) is 36.5 Å². The molecule has 0 aromatic heterocycles. The quantitative estimate of drug-likeness (QED) is 0.755. The van der Waals surface area contributed by atoms with Crippen LogP contribution in [0, 0.1) is 16.7 Å². The lowest BCUT2D eigenvalue weighted by molar-refractivity contribution is -0.0546. The average molecular weight is 283 g/mol. The van der Waals surface area contributed by atoms with Gasteiger partial charge in [0.25, 0.3) is 0 Å². The Morgan fingerprint density at radius 2 is 2.00 bits per heavy atom. The van der Waals surface area contributed by atoms with Crippen molar-refractivity contribution in [2.75, 3.05) is 13.2 Å². The highest BCUT2D eigenvalue weighted by atomic mass is 16.5. The maximum atomic E-state index is 9.93. The molecule has 0 aliphatic heterocycles. The van der Waals surface area contributed by atoms with Gasteiger partial charge < -0.3 is 15.2 Å². The van der Waals surface area contributed by atoms with Gasteiger partial charge in [-0.05, 0) is 42.4 Å². The molecule has 0 spiro atoms. The molecule has 0 radical (unpaired) electrons. The van der Waals surface area contributed by atoms with Crippen LogP contribution in [0.1, 0.15) is 60.3 Å². The molecule has 2 saturated carbocycles. The van der Waals surface area contributed by atoms with Crippen LogP contribution in [0.5, 0.6) is 0 Å². The third kappa shape index (κ3) is 2.90. The number of aliphatic hydroxyl groups excluding tert-OH is 1. The summed E-state index contributed by atoms with van der Waals surface area (Å²) in [5.74, 6) is 0.824. The minimum Gasteiger partial charge on any atom is -0.392 e. The van der Waals surface area contributed by atoms with E-state index in [1.54, 1.807) is 0 Å². The molecule has 2 N–H and O–H groups in total. The molecule has 118 valence electrons. The van der Waals surface area contributed by atoms with Gasteiger partial charge >= 0.3 is 0 Å². The lowest BCUT2D eigenvalue weighted by atomic mass is 9.70. The van der Waals surface area contributed by atoms with Crippen molar-refractivity contribution in [3.63, 3.8) is 0 Å². The van der Waals surface area contributed by atoms with Gasteiger partial charge in [-0.2, -0.15) is 0 Å². The Hall–Kier alpha value is -0.120. The van der Waals surface area contributed by atoms with Crippen LogP contribution >= 0.6 is 0 Å². The number of hydrogen-bond donors (Lipinski definition) is 2. The molecule has 0 unspecified atom stereocenters. The second-order valence-electron chi connectivity index (χ2n) is 7.98. The third-order valence-corrected chi connectivity index (χ3v) is 6.25. The number of nitrogens with one attached hydrogen (secondary N) is 1. The largest absolute Gasteiger partial charge is 0.392 e. The zero-order valence-corrected chi connectivity index (χ0v) is 13.9. The maximum Gasteiger partial charge on any atom is 0.0686 e. The number of fused-ring (bicyclic) bond motifs is 2. The summed E-state index contributed by atoms with van der Waals surface area (Å²) < 4.78 is 6.17. The fourth-order valence-electron chi connectivity index (χ4n) is 4.20. The van der Waals surface area contributed by atoms with Gasteiger partial charge in [-0.15, -0.1) is 0 Å². The van der Waals surface area contributed by atoms with E-state index in [0.717, 1.165) is 12.3 Å². The lowest BCUT2D eigenvalue weighted by Gasteiger charge is -2.39. The van der Waals surface area contributed by atoms with E-state index in [0.29, 0.717) is 36.1 Å². The van der Waals surface area contributed by atoms with Crippen LogP contribution in [0.2, 0.25) is 0 Å². The molecule has 0 aromatic rings. The van der Waals surface area contributed by atoms with E-state index in [9.17, 15) is 5.11 Å². The van der Waals surface area contributed by atoms with Crippen molar-refractivity contribution in [3.05, 3.63) is 0 Å². The van der Waals surface area contributed by atoms with Crippen LogP contribution in [0.3, 0.4) is 0 Å². The summed E-state index contributed by atoms with van der Waals surface area (Å²) >= 11 is 0. The van der Waals surface area contributed by atoms with E-state index in [1.165, 1.54) is 19.3 Å². The van der Waals surface area contributed by atoms with Gasteiger partial charge in [0.05, 0.1) is 12.2 Å². The number of rotatable bonds is 7. The monoisotopic (exact) mass is 283 g/mol. The number of hydrogen-bond acceptors (Lipinski definition) is 3. The number of aliphatic hydroxyl groups is 1. The molecule has 2 rings (SSSR count). The Morgan fingerprint density at radius 1 is 1.30 bits per heavy atom. The molecular weight excluding hydrogens is 250 g/mol. The molecule has 0 heterocycles. The van der Waals surface area contributed by atoms with Gasteiger partial charge in [0.2, 0.25) is 0 Å². The zero-order chi connectivity index (χ0) is 15.0. The van der Waals surface area contributed by atoms with Crippen molar-refractivity contribution in [2.45, 2.75) is 78.6 Å². The minimum atomic E-state index is -0.295. The molecule has 0 saturated heterocycles. The van der Waals surface area contributed by atoms with Crippen molar-refractivity contribution in [1.29, 1.82) is 0 Å². The second kappa shape index (κ2) is 5.94. The molecule has 3 heteroatoms. The van der Waals surface area contributed by atoms with Crippen LogP contribution in [0.15, 0.2) is 0 Å². The van der Waals surface area contributed by atoms with E-state index in [4.69, 9.17) is 4.74 Å². The zero-order valence-electron chi connectivity index (χ0n) is 13.9. The Bertz CT molecular complexity index is 329. The van der Waals surface area contributed by atoms with E-state index in [2.05, 4.69) is 39.9 Å². The van der Waals surface area contributed by atoms with Crippen molar-refractivity contribution in [2.24, 2.45) is 16.7 Å². The highest BCUT2D eigenvalue weighted by Crippen LogP contribution is 2.66. The molecular formula is C17H33NO2. The van der Waals surface area contributed by atoms with Gasteiger partial charge in [0.1, 0.15) is 0 Å². The fraction of sp³-hybridized carbons (Fsp3) is 1.00. The fourth-order valence-corrected chi connectivity index (χ4v) is 4.20. The topological polar surface area (TPSA) is 41.5 Å². The van der Waals surface area contributed by atoms with Crippen molar-refractivity contribution in [3.8, 4) is 0 Å². The van der Waals surface area contributed by atoms with Gasteiger partial charge in [-0.1, -0.05) is 34.6 Å². The van der Waals surface area contributed by atoms with Crippen molar-refractivity contribution < 1.29 is 9.84 Å². The highest BCUT2D eigenvalue weighted by Gasteiger charge is 2.61. The summed E-state index contributed by atoms with van der Waals surface area (Å²) in [6.07, 6.45) is 4.71. The lowest BCUT2D eigenvalue weighted by Crippen LogP contribution is -2.38. The highest BCUT2D eigenvalue weighted by molar-refractivity contribution is 5.11. The van der Waals surface area contributed by atoms with Gasteiger partial charge in [-0.3, -0.25) is 0 Å². The molecule has 3 nitrogen and oxygen atoms in total. The summed E-state index contributed by atoms with van der Waals surface area (Å²) in [4.78, 5) is 0. The summed E-state index contributed by atoms with van der Waals surface area (Å²) in [6.45, 7) is 12.8. The Kier molecular flexibility index (Phi) is 4.83. The smallest absolute Gasteiger partial charge is 0.0686 e. The maximum absolute atomic E-state index is 9.93. The van der Waals surface area contributed by atoms with E-state index in [-0.39, 0.29) is 6.10 Å². The van der Waals surface area contributed by atoms with Crippen LogP contribution < -0.4 is 5.32 Å². The first-order chi connectivity index (χ1) is 9.27. The number of ether oxygens (including phenoxy) is 1. The van der Waals surface area contributed by atoms with Crippen LogP contribution in [0.25, 0.3) is 0 Å². The summed E-state index contributed by atoms with van der Waals surface area (Å²) in [6, 6.07) is 0.427. The van der Waals surface area contributed by atoms with Crippen molar-refractivity contribution >= 4 is 0 Å². The standard InChI is InChI=1S/C17H33NO2/c1-12(2)18-11-14(19)7-9-20-15-10-13-6-8-17(15,5)16(13,3)4/h12-15,18-19H,6-11H2,1-5H3/t13-,14+,15-,17-/m1/s1. The SMILES string of the molecule is CC(C)NC[C@@H](O)CCO[C@@H]1C[C@H]2CC[C@@]1(C)C2(C)C. The summed E-state index contributed by atoms with van der Waals surface area (Å²) in [7, 11) is 0. The van der Waals surface area contributed by atoms with E-state index >= 15 is 0 Å². The Morgan fingerprint density at radius 3 is 2.50 bits per heavy atom. The first-order valence-electron chi connectivity index (χ1n) is 8.30. The van der Waals surface area contributed by atoms with Gasteiger partial charge in [0, 0.05) is 19.2 Å². The van der Waals surface area contributed by atoms with Crippen LogP contribution in [-0.2, 0) is 4.74 Å². The predicted octanol–water partition coefficient (Wildman–Crippen LogP) is 2.97. The second-order valence-corrected chi connectivity index (χ2v) is 7.98. The molecule has 2 bridgehead atoms. The van der Waals surface area contributed by atoms with Crippen LogP contribution in [0.4, 0.5) is 0 Å². The molecule has 4 atom stereocenters. The Labute approximate surface area is 124 Å². The molecule has 2 aliphatic carbocycles. The molecule has 0 amide bonds. The summed E-state index contributed by atoms with van der Waals surface area (Å²) in [5.41, 5.74) is 0.744. The first kappa shape index (κ1) is 16.3. The van der Waals surface area contributed by atoms with E-state index in [1.807, 2.05) is 0 Å². The Balaban J connectivity index is 1.73. The summed E-state index contributed by atoms with van der Waals surface area (Å²) in [5, 5.41) is 13.2. The van der Waals surface area contributed by atoms with Gasteiger partial charge in [-0.25, -0.2) is 0 Å². The molecule has 2 aliphatic rings. The third-order valence-electron chi connectivity index (χ3n) is 6.25. The average Bonchev–Trinajstić information content (AvgIpc) is 2.69. The van der Waals surface area contributed by atoms with Gasteiger partial charge in [0.15, 0.2) is 0 Å². The van der Waals surface area contributed by atoms with E-state index < -0.39 is 0 Å². The molecule has 0 aromatic carbocycles. The first-order valence-corrected chi connectivity index (χ1v) is 8.30.